The molecule has 0 aliphatic carbocycles. The van der Waals surface area contributed by atoms with Crippen molar-refractivity contribution in [1.82, 2.24) is 0 Å². The van der Waals surface area contributed by atoms with E-state index in [0.717, 1.165) is 0 Å². The first-order valence-corrected chi connectivity index (χ1v) is 5.53. The summed E-state index contributed by atoms with van der Waals surface area (Å²) in [5.74, 6) is 0. The Morgan fingerprint density at radius 3 is 2.40 bits per heavy atom. The van der Waals surface area contributed by atoms with Crippen LogP contribution in [0.3, 0.4) is 0 Å². The van der Waals surface area contributed by atoms with Crippen LogP contribution in [-0.2, 0) is 0 Å². The van der Waals surface area contributed by atoms with Crippen LogP contribution in [0.4, 0.5) is 0 Å². The van der Waals surface area contributed by atoms with Gasteiger partial charge in [0.2, 0.25) is 0 Å². The van der Waals surface area contributed by atoms with Crippen molar-refractivity contribution >= 4 is 43.2 Å². The van der Waals surface area contributed by atoms with E-state index < -0.39 is 0 Å². The van der Waals surface area contributed by atoms with Crippen LogP contribution in [0.2, 0.25) is 0 Å². The summed E-state index contributed by atoms with van der Waals surface area (Å²) < 4.78 is 1.21. The maximum absolute atomic E-state index is 3.53. The van der Waals surface area contributed by atoms with Crippen molar-refractivity contribution in [3.05, 3.63) is 20.3 Å². The van der Waals surface area contributed by atoms with Gasteiger partial charge in [-0.2, -0.15) is 0 Å². The molecule has 0 fully saturated rings. The number of rotatable bonds is 1. The fourth-order valence-corrected chi connectivity index (χ4v) is 3.29. The summed E-state index contributed by atoms with van der Waals surface area (Å²) in [6.07, 6.45) is 0. The molecule has 1 atom stereocenters. The molecule has 0 N–H and O–H groups in total. The molecule has 0 amide bonds. The molecule has 0 saturated carbocycles. The van der Waals surface area contributed by atoms with Crippen LogP contribution in [0.1, 0.15) is 22.2 Å². The van der Waals surface area contributed by atoms with Gasteiger partial charge in [0.25, 0.3) is 0 Å². The zero-order valence-electron chi connectivity index (χ0n) is 5.82. The van der Waals surface area contributed by atoms with Crippen molar-refractivity contribution in [3.8, 4) is 0 Å². The van der Waals surface area contributed by atoms with Gasteiger partial charge in [-0.3, -0.25) is 0 Å². The van der Waals surface area contributed by atoms with E-state index >= 15 is 0 Å². The van der Waals surface area contributed by atoms with Gasteiger partial charge in [0.15, 0.2) is 0 Å². The van der Waals surface area contributed by atoms with E-state index in [0.29, 0.717) is 4.83 Å². The third-order valence-electron chi connectivity index (χ3n) is 1.35. The molecule has 56 valence electrons. The lowest BCUT2D eigenvalue weighted by atomic mass is 10.2. The SMILES string of the molecule is Cc1sc(Br)cc1C(C)Br. The van der Waals surface area contributed by atoms with E-state index in [1.54, 1.807) is 11.3 Å². The first-order chi connectivity index (χ1) is 4.61. The fourth-order valence-electron chi connectivity index (χ4n) is 0.853. The smallest absolute Gasteiger partial charge is 0.0704 e. The standard InChI is InChI=1S/C7H8Br2S/c1-4(8)6-3-7(9)10-5(6)2/h3-4H,1-2H3. The highest BCUT2D eigenvalue weighted by atomic mass is 79.9. The Morgan fingerprint density at radius 1 is 1.60 bits per heavy atom. The van der Waals surface area contributed by atoms with E-state index in [1.165, 1.54) is 14.2 Å². The van der Waals surface area contributed by atoms with Gasteiger partial charge in [0, 0.05) is 9.70 Å². The van der Waals surface area contributed by atoms with Gasteiger partial charge in [0.1, 0.15) is 0 Å². The third-order valence-corrected chi connectivity index (χ3v) is 3.42. The molecule has 10 heavy (non-hydrogen) atoms. The molecule has 0 bridgehead atoms. The number of hydrogen-bond acceptors (Lipinski definition) is 1. The van der Waals surface area contributed by atoms with E-state index in [2.05, 4.69) is 51.8 Å². The molecular weight excluding hydrogens is 276 g/mol. The summed E-state index contributed by atoms with van der Waals surface area (Å²) in [5, 5.41) is 0. The minimum absolute atomic E-state index is 0.468. The van der Waals surface area contributed by atoms with E-state index in [9.17, 15) is 0 Å². The van der Waals surface area contributed by atoms with Crippen molar-refractivity contribution < 1.29 is 0 Å². The molecule has 0 spiro atoms. The maximum Gasteiger partial charge on any atom is 0.0704 e. The van der Waals surface area contributed by atoms with Crippen LogP contribution in [-0.4, -0.2) is 0 Å². The predicted molar refractivity (Wildman–Crippen MR) is 54.1 cm³/mol. The summed E-state index contributed by atoms with van der Waals surface area (Å²) in [6.45, 7) is 4.28. The molecule has 1 rings (SSSR count). The number of alkyl halides is 1. The number of halogens is 2. The Kier molecular flexibility index (Phi) is 2.95. The van der Waals surface area contributed by atoms with E-state index in [4.69, 9.17) is 0 Å². The second-order valence-electron chi connectivity index (χ2n) is 2.18. The number of thiophene rings is 1. The van der Waals surface area contributed by atoms with Gasteiger partial charge >= 0.3 is 0 Å². The van der Waals surface area contributed by atoms with Gasteiger partial charge < -0.3 is 0 Å². The molecule has 0 radical (unpaired) electrons. The van der Waals surface area contributed by atoms with E-state index in [-0.39, 0.29) is 0 Å². The average Bonchev–Trinajstić information content (AvgIpc) is 2.10. The minimum atomic E-state index is 0.468. The highest BCUT2D eigenvalue weighted by molar-refractivity contribution is 9.11. The first kappa shape index (κ1) is 8.75. The van der Waals surface area contributed by atoms with Gasteiger partial charge in [-0.05, 0) is 41.4 Å². The van der Waals surface area contributed by atoms with Gasteiger partial charge in [-0.15, -0.1) is 11.3 Å². The molecule has 1 heterocycles. The first-order valence-electron chi connectivity index (χ1n) is 3.01. The topological polar surface area (TPSA) is 0 Å². The zero-order chi connectivity index (χ0) is 7.72. The molecule has 0 aliphatic rings. The highest BCUT2D eigenvalue weighted by Crippen LogP contribution is 2.33. The second-order valence-corrected chi connectivity index (χ2v) is 6.19. The van der Waals surface area contributed by atoms with Crippen molar-refractivity contribution in [2.75, 3.05) is 0 Å². The third kappa shape index (κ3) is 1.83. The summed E-state index contributed by atoms with van der Waals surface area (Å²) >= 11 is 8.77. The molecule has 0 aliphatic heterocycles. The van der Waals surface area contributed by atoms with Crippen LogP contribution in [0.15, 0.2) is 9.85 Å². The molecular formula is C7H8Br2S. The number of hydrogen-bond donors (Lipinski definition) is 0. The zero-order valence-corrected chi connectivity index (χ0v) is 9.81. The van der Waals surface area contributed by atoms with Crippen LogP contribution in [0.5, 0.6) is 0 Å². The average molecular weight is 284 g/mol. The lowest BCUT2D eigenvalue weighted by molar-refractivity contribution is 1.12. The Hall–Kier alpha value is 0.660. The van der Waals surface area contributed by atoms with Crippen molar-refractivity contribution in [2.45, 2.75) is 18.7 Å². The molecule has 1 aromatic heterocycles. The van der Waals surface area contributed by atoms with Gasteiger partial charge in [0.05, 0.1) is 3.79 Å². The van der Waals surface area contributed by atoms with Crippen LogP contribution in [0.25, 0.3) is 0 Å². The van der Waals surface area contributed by atoms with Crippen LogP contribution in [0, 0.1) is 6.92 Å². The Morgan fingerprint density at radius 2 is 2.20 bits per heavy atom. The predicted octanol–water partition coefficient (Wildman–Crippen LogP) is 4.27. The lowest BCUT2D eigenvalue weighted by Gasteiger charge is -1.98. The monoisotopic (exact) mass is 282 g/mol. The minimum Gasteiger partial charge on any atom is -0.133 e. The molecule has 0 aromatic carbocycles. The lowest BCUT2D eigenvalue weighted by Crippen LogP contribution is -1.80. The molecule has 1 aromatic rings. The fraction of sp³-hybridized carbons (Fsp3) is 0.429. The van der Waals surface area contributed by atoms with E-state index in [1.807, 2.05) is 0 Å². The Bertz CT molecular complexity index is 228. The summed E-state index contributed by atoms with van der Waals surface area (Å²) in [7, 11) is 0. The summed E-state index contributed by atoms with van der Waals surface area (Å²) in [6, 6.07) is 2.17. The van der Waals surface area contributed by atoms with Crippen LogP contribution >= 0.6 is 43.2 Å². The second kappa shape index (κ2) is 3.37. The van der Waals surface area contributed by atoms with Gasteiger partial charge in [-0.1, -0.05) is 15.9 Å². The molecule has 0 nitrogen and oxygen atoms in total. The van der Waals surface area contributed by atoms with Gasteiger partial charge in [-0.25, -0.2) is 0 Å². The Balaban J connectivity index is 3.03. The highest BCUT2D eigenvalue weighted by Gasteiger charge is 2.07. The van der Waals surface area contributed by atoms with Crippen LogP contribution < -0.4 is 0 Å². The van der Waals surface area contributed by atoms with Crippen molar-refractivity contribution in [3.63, 3.8) is 0 Å². The molecule has 3 heteroatoms. The molecule has 0 saturated heterocycles. The Labute approximate surface area is 81.9 Å². The van der Waals surface area contributed by atoms with Crippen molar-refractivity contribution in [1.29, 1.82) is 0 Å². The largest absolute Gasteiger partial charge is 0.133 e. The number of aryl methyl sites for hydroxylation is 1. The molecule has 1 unspecified atom stereocenters. The quantitative estimate of drug-likeness (QED) is 0.675. The van der Waals surface area contributed by atoms with Crippen molar-refractivity contribution in [2.24, 2.45) is 0 Å². The summed E-state index contributed by atoms with van der Waals surface area (Å²) in [5.41, 5.74) is 1.39. The summed E-state index contributed by atoms with van der Waals surface area (Å²) in [4.78, 5) is 1.85. The normalized spacial score (nSPS) is 13.6. The maximum atomic E-state index is 3.53.